The number of imide groups is 1. The Morgan fingerprint density at radius 3 is 1.80 bits per heavy atom. The molecule has 1 aliphatic heterocycles. The van der Waals surface area contributed by atoms with E-state index in [9.17, 15) is 9.59 Å². The fraction of sp³-hybridized carbons (Fsp3) is 0.200. The van der Waals surface area contributed by atoms with Crippen LogP contribution in [-0.2, 0) is 9.59 Å². The first-order chi connectivity index (χ1) is 12.1. The van der Waals surface area contributed by atoms with Crippen LogP contribution >= 0.6 is 0 Å². The van der Waals surface area contributed by atoms with Gasteiger partial charge in [0.15, 0.2) is 0 Å². The molecule has 0 aliphatic carbocycles. The minimum absolute atomic E-state index is 0.0433. The van der Waals surface area contributed by atoms with Crippen molar-refractivity contribution in [2.75, 3.05) is 6.54 Å². The third kappa shape index (κ3) is 4.32. The molecular weight excluding hydrogens is 328 g/mol. The molecule has 0 bridgehead atoms. The van der Waals surface area contributed by atoms with E-state index in [1.807, 2.05) is 12.1 Å². The van der Waals surface area contributed by atoms with Crippen LogP contribution in [0, 0.1) is 0 Å². The molecule has 0 fully saturated rings. The second kappa shape index (κ2) is 8.05. The summed E-state index contributed by atoms with van der Waals surface area (Å²) in [5, 5.41) is 2.72. The van der Waals surface area contributed by atoms with E-state index in [1.165, 1.54) is 27.4 Å². The highest BCUT2D eigenvalue weighted by molar-refractivity contribution is 6.85. The molecule has 0 radical (unpaired) electrons. The average Bonchev–Trinajstić information content (AvgIpc) is 2.97. The van der Waals surface area contributed by atoms with Crippen molar-refractivity contribution in [1.82, 2.24) is 4.90 Å². The maximum absolute atomic E-state index is 11.6. The zero-order chi connectivity index (χ0) is 17.6. The minimum Gasteiger partial charge on any atom is -0.328 e. The van der Waals surface area contributed by atoms with E-state index >= 15 is 0 Å². The van der Waals surface area contributed by atoms with Crippen molar-refractivity contribution < 1.29 is 9.59 Å². The third-order valence-corrected chi connectivity index (χ3v) is 8.02. The van der Waals surface area contributed by atoms with E-state index in [-0.39, 0.29) is 17.9 Å². The normalized spacial score (nSPS) is 15.2. The molecule has 2 aromatic rings. The van der Waals surface area contributed by atoms with Gasteiger partial charge in [-0.25, -0.2) is 0 Å². The topological polar surface area (TPSA) is 63.4 Å². The van der Waals surface area contributed by atoms with Crippen molar-refractivity contribution in [2.45, 2.75) is 18.5 Å². The van der Waals surface area contributed by atoms with E-state index in [4.69, 9.17) is 5.73 Å². The Balaban J connectivity index is 1.68. The highest BCUT2D eigenvalue weighted by Gasteiger charge is 2.25. The molecule has 2 N–H and O–H groups in total. The summed E-state index contributed by atoms with van der Waals surface area (Å²) in [6.07, 6.45) is 3.26. The first kappa shape index (κ1) is 17.3. The molecule has 3 rings (SSSR count). The smallest absolute Gasteiger partial charge is 0.253 e. The molecule has 1 atom stereocenters. The summed E-state index contributed by atoms with van der Waals surface area (Å²) in [4.78, 5) is 24.6. The first-order valence-corrected chi connectivity index (χ1v) is 10.5. The second-order valence-corrected chi connectivity index (χ2v) is 9.23. The van der Waals surface area contributed by atoms with E-state index in [0.29, 0.717) is 13.0 Å². The summed E-state index contributed by atoms with van der Waals surface area (Å²) in [7, 11) is -1.43. The number of rotatable bonds is 7. The van der Waals surface area contributed by atoms with E-state index in [0.717, 1.165) is 6.04 Å². The standard InChI is InChI=1S/C20H22N2O2Si/c21-16(13-14-22-19(23)11-12-20(22)24)15-25(17-7-3-1-4-8-17)18-9-5-2-6-10-18/h1-12,16,25H,13-15,21H2. The molecule has 0 saturated carbocycles. The van der Waals surface area contributed by atoms with Crippen LogP contribution in [0.1, 0.15) is 6.42 Å². The van der Waals surface area contributed by atoms with Gasteiger partial charge in [0.25, 0.3) is 11.8 Å². The summed E-state index contributed by atoms with van der Waals surface area (Å²) < 4.78 is 0. The molecule has 5 heteroatoms. The summed E-state index contributed by atoms with van der Waals surface area (Å²) >= 11 is 0. The highest BCUT2D eigenvalue weighted by atomic mass is 28.3. The van der Waals surface area contributed by atoms with Gasteiger partial charge < -0.3 is 5.73 Å². The third-order valence-electron chi connectivity index (χ3n) is 4.57. The molecular formula is C20H22N2O2Si. The molecule has 0 saturated heterocycles. The number of carbonyl (C=O) groups excluding carboxylic acids is 2. The van der Waals surface area contributed by atoms with Gasteiger partial charge >= 0.3 is 0 Å². The van der Waals surface area contributed by atoms with Gasteiger partial charge in [0.05, 0.1) is 0 Å². The van der Waals surface area contributed by atoms with Gasteiger partial charge in [-0.05, 0) is 12.5 Å². The maximum Gasteiger partial charge on any atom is 0.253 e. The molecule has 128 valence electrons. The Morgan fingerprint density at radius 1 is 0.840 bits per heavy atom. The molecule has 2 amide bonds. The van der Waals surface area contributed by atoms with E-state index in [1.54, 1.807) is 0 Å². The Hall–Kier alpha value is -2.50. The summed E-state index contributed by atoms with van der Waals surface area (Å²) in [6.45, 7) is 0.385. The van der Waals surface area contributed by atoms with Crippen LogP contribution in [0.2, 0.25) is 6.04 Å². The number of hydrogen-bond acceptors (Lipinski definition) is 3. The minimum atomic E-state index is -1.43. The molecule has 1 heterocycles. The lowest BCUT2D eigenvalue weighted by molar-refractivity contribution is -0.136. The fourth-order valence-electron chi connectivity index (χ4n) is 3.20. The van der Waals surface area contributed by atoms with Crippen LogP contribution < -0.4 is 16.1 Å². The Bertz CT molecular complexity index is 704. The predicted molar refractivity (Wildman–Crippen MR) is 103 cm³/mol. The number of carbonyl (C=O) groups is 2. The van der Waals surface area contributed by atoms with Crippen molar-refractivity contribution in [3.05, 3.63) is 72.8 Å². The number of hydrogen-bond donors (Lipinski definition) is 1. The SMILES string of the molecule is NC(CCN1C(=O)C=CC1=O)C[SiH](c1ccccc1)c1ccccc1. The number of nitrogens with zero attached hydrogens (tertiary/aromatic N) is 1. The monoisotopic (exact) mass is 350 g/mol. The molecule has 1 unspecified atom stereocenters. The number of benzene rings is 2. The van der Waals surface area contributed by atoms with Gasteiger partial charge in [-0.1, -0.05) is 71.0 Å². The fourth-order valence-corrected chi connectivity index (χ4v) is 6.35. The number of amides is 2. The zero-order valence-electron chi connectivity index (χ0n) is 14.0. The molecule has 4 nitrogen and oxygen atoms in total. The Kier molecular flexibility index (Phi) is 5.58. The van der Waals surface area contributed by atoms with Gasteiger partial charge in [-0.15, -0.1) is 0 Å². The lowest BCUT2D eigenvalue weighted by Gasteiger charge is -2.22. The van der Waals surface area contributed by atoms with Crippen molar-refractivity contribution >= 4 is 31.0 Å². The van der Waals surface area contributed by atoms with Crippen molar-refractivity contribution in [3.8, 4) is 0 Å². The Morgan fingerprint density at radius 2 is 1.32 bits per heavy atom. The van der Waals surface area contributed by atoms with Gasteiger partial charge in [-0.3, -0.25) is 14.5 Å². The number of nitrogens with two attached hydrogens (primary N) is 1. The van der Waals surface area contributed by atoms with Crippen molar-refractivity contribution in [3.63, 3.8) is 0 Å². The zero-order valence-corrected chi connectivity index (χ0v) is 15.2. The quantitative estimate of drug-likeness (QED) is 0.590. The molecule has 1 aliphatic rings. The van der Waals surface area contributed by atoms with E-state index < -0.39 is 8.80 Å². The summed E-state index contributed by atoms with van der Waals surface area (Å²) in [5.74, 6) is -0.478. The van der Waals surface area contributed by atoms with Gasteiger partial charge in [0, 0.05) is 24.7 Å². The molecule has 0 aromatic heterocycles. The van der Waals surface area contributed by atoms with Crippen LogP contribution in [0.5, 0.6) is 0 Å². The van der Waals surface area contributed by atoms with Crippen LogP contribution in [0.3, 0.4) is 0 Å². The van der Waals surface area contributed by atoms with Gasteiger partial charge in [-0.2, -0.15) is 0 Å². The molecule has 0 spiro atoms. The van der Waals surface area contributed by atoms with Crippen LogP contribution in [0.25, 0.3) is 0 Å². The van der Waals surface area contributed by atoms with Gasteiger partial charge in [0.2, 0.25) is 0 Å². The summed E-state index contributed by atoms with van der Waals surface area (Å²) in [6, 6.07) is 21.9. The van der Waals surface area contributed by atoms with Crippen LogP contribution in [-0.4, -0.2) is 38.1 Å². The average molecular weight is 350 g/mol. The van der Waals surface area contributed by atoms with Crippen molar-refractivity contribution in [1.29, 1.82) is 0 Å². The highest BCUT2D eigenvalue weighted by Crippen LogP contribution is 2.09. The van der Waals surface area contributed by atoms with E-state index in [2.05, 4.69) is 48.5 Å². The van der Waals surface area contributed by atoms with Gasteiger partial charge in [0.1, 0.15) is 8.80 Å². The Labute approximate surface area is 149 Å². The first-order valence-electron chi connectivity index (χ1n) is 8.54. The summed E-state index contributed by atoms with van der Waals surface area (Å²) in [5.41, 5.74) is 6.38. The molecule has 2 aromatic carbocycles. The lowest BCUT2D eigenvalue weighted by atomic mass is 10.2. The second-order valence-electron chi connectivity index (χ2n) is 6.32. The predicted octanol–water partition coefficient (Wildman–Crippen LogP) is 0.670. The molecule has 25 heavy (non-hydrogen) atoms. The van der Waals surface area contributed by atoms with Crippen molar-refractivity contribution in [2.24, 2.45) is 5.73 Å². The maximum atomic E-state index is 11.6. The van der Waals surface area contributed by atoms with Crippen LogP contribution in [0.4, 0.5) is 0 Å². The lowest BCUT2D eigenvalue weighted by Crippen LogP contribution is -2.46. The van der Waals surface area contributed by atoms with Crippen LogP contribution in [0.15, 0.2) is 72.8 Å². The largest absolute Gasteiger partial charge is 0.328 e.